The Morgan fingerprint density at radius 2 is 2.12 bits per heavy atom. The summed E-state index contributed by atoms with van der Waals surface area (Å²) in [7, 11) is 0. The fourth-order valence-electron chi connectivity index (χ4n) is 2.83. The molecule has 126 valence electrons. The van der Waals surface area contributed by atoms with Gasteiger partial charge in [0.1, 0.15) is 5.82 Å². The third-order valence-corrected chi connectivity index (χ3v) is 5.16. The Labute approximate surface area is 145 Å². The molecule has 0 saturated carbocycles. The maximum atomic E-state index is 12.3. The highest BCUT2D eigenvalue weighted by molar-refractivity contribution is 7.10. The zero-order valence-electron chi connectivity index (χ0n) is 14.3. The molecule has 6 nitrogen and oxygen atoms in total. The molecule has 1 unspecified atom stereocenters. The van der Waals surface area contributed by atoms with Gasteiger partial charge in [0.15, 0.2) is 0 Å². The van der Waals surface area contributed by atoms with Crippen molar-refractivity contribution in [2.75, 3.05) is 0 Å². The molecule has 7 heteroatoms. The van der Waals surface area contributed by atoms with Crippen molar-refractivity contribution in [2.45, 2.75) is 46.6 Å². The molecule has 0 spiro atoms. The minimum atomic E-state index is 0.0401. The third-order valence-electron chi connectivity index (χ3n) is 4.10. The summed E-state index contributed by atoms with van der Waals surface area (Å²) < 4.78 is 1.75. The van der Waals surface area contributed by atoms with E-state index in [4.69, 9.17) is 0 Å². The quantitative estimate of drug-likeness (QED) is 0.773. The predicted molar refractivity (Wildman–Crippen MR) is 94.2 cm³/mol. The van der Waals surface area contributed by atoms with Crippen LogP contribution < -0.4 is 5.32 Å². The van der Waals surface area contributed by atoms with Gasteiger partial charge in [0.25, 0.3) is 5.78 Å². The first-order valence-corrected chi connectivity index (χ1v) is 8.86. The van der Waals surface area contributed by atoms with Crippen LogP contribution in [0.25, 0.3) is 5.78 Å². The van der Waals surface area contributed by atoms with Crippen LogP contribution in [-0.2, 0) is 11.2 Å². The van der Waals surface area contributed by atoms with Gasteiger partial charge < -0.3 is 5.32 Å². The zero-order valence-corrected chi connectivity index (χ0v) is 15.1. The van der Waals surface area contributed by atoms with Gasteiger partial charge in [0.05, 0.1) is 6.04 Å². The smallest absolute Gasteiger partial charge is 0.252 e. The highest BCUT2D eigenvalue weighted by Crippen LogP contribution is 2.19. The Morgan fingerprint density at radius 1 is 1.33 bits per heavy atom. The molecule has 0 aromatic carbocycles. The van der Waals surface area contributed by atoms with Crippen LogP contribution in [0.15, 0.2) is 17.5 Å². The van der Waals surface area contributed by atoms with Gasteiger partial charge in [-0.05, 0) is 51.1 Å². The molecule has 3 aromatic heterocycles. The number of hydrogen-bond acceptors (Lipinski definition) is 5. The minimum absolute atomic E-state index is 0.0401. The third kappa shape index (κ3) is 3.31. The van der Waals surface area contributed by atoms with E-state index in [2.05, 4.69) is 20.4 Å². The minimum Gasteiger partial charge on any atom is -0.349 e. The van der Waals surface area contributed by atoms with Gasteiger partial charge in [-0.3, -0.25) is 4.79 Å². The molecule has 1 atom stereocenters. The molecule has 0 aliphatic rings. The van der Waals surface area contributed by atoms with Gasteiger partial charge >= 0.3 is 0 Å². The Balaban J connectivity index is 1.70. The number of nitrogens with zero attached hydrogens (tertiary/aromatic N) is 4. The number of carbonyl (C=O) groups is 1. The Kier molecular flexibility index (Phi) is 4.62. The molecule has 1 amide bonds. The number of aromatic nitrogens is 4. The SMILES string of the molecule is Cc1nc2nc(C)c(CCC(=O)NC(C)c3cccs3)c(C)n2n1. The van der Waals surface area contributed by atoms with Gasteiger partial charge in [-0.2, -0.15) is 10.1 Å². The van der Waals surface area contributed by atoms with Gasteiger partial charge in [-0.1, -0.05) is 6.07 Å². The van der Waals surface area contributed by atoms with Crippen molar-refractivity contribution < 1.29 is 4.79 Å². The molecular formula is C17H21N5OS. The molecule has 1 N–H and O–H groups in total. The monoisotopic (exact) mass is 343 g/mol. The summed E-state index contributed by atoms with van der Waals surface area (Å²) in [5.74, 6) is 1.36. The molecule has 0 aliphatic heterocycles. The zero-order chi connectivity index (χ0) is 17.3. The lowest BCUT2D eigenvalue weighted by Gasteiger charge is -2.13. The Hall–Kier alpha value is -2.28. The molecule has 3 heterocycles. The summed E-state index contributed by atoms with van der Waals surface area (Å²) in [6, 6.07) is 4.07. The first-order chi connectivity index (χ1) is 11.5. The lowest BCUT2D eigenvalue weighted by atomic mass is 10.1. The topological polar surface area (TPSA) is 72.2 Å². The van der Waals surface area contributed by atoms with E-state index in [1.165, 1.54) is 0 Å². The number of carbonyl (C=O) groups excluding carboxylic acids is 1. The van der Waals surface area contributed by atoms with Crippen molar-refractivity contribution in [3.63, 3.8) is 0 Å². The molecule has 0 aliphatic carbocycles. The van der Waals surface area contributed by atoms with Crippen LogP contribution in [0.1, 0.15) is 47.0 Å². The van der Waals surface area contributed by atoms with E-state index >= 15 is 0 Å². The highest BCUT2D eigenvalue weighted by Gasteiger charge is 2.15. The van der Waals surface area contributed by atoms with Crippen molar-refractivity contribution in [3.05, 3.63) is 45.2 Å². The number of rotatable bonds is 5. The van der Waals surface area contributed by atoms with E-state index in [-0.39, 0.29) is 11.9 Å². The van der Waals surface area contributed by atoms with Crippen molar-refractivity contribution in [1.29, 1.82) is 0 Å². The lowest BCUT2D eigenvalue weighted by molar-refractivity contribution is -0.121. The van der Waals surface area contributed by atoms with E-state index in [0.29, 0.717) is 24.4 Å². The van der Waals surface area contributed by atoms with E-state index in [0.717, 1.165) is 21.8 Å². The van der Waals surface area contributed by atoms with Crippen LogP contribution in [0, 0.1) is 20.8 Å². The van der Waals surface area contributed by atoms with Crippen LogP contribution in [-0.4, -0.2) is 25.5 Å². The van der Waals surface area contributed by atoms with Crippen molar-refractivity contribution in [1.82, 2.24) is 24.9 Å². The normalized spacial score (nSPS) is 12.5. The van der Waals surface area contributed by atoms with Crippen LogP contribution in [0.2, 0.25) is 0 Å². The number of aryl methyl sites for hydroxylation is 3. The molecule has 3 aromatic rings. The van der Waals surface area contributed by atoms with Gasteiger partial charge in [0.2, 0.25) is 5.91 Å². The Bertz CT molecular complexity index is 869. The molecular weight excluding hydrogens is 322 g/mol. The van der Waals surface area contributed by atoms with Gasteiger partial charge in [0, 0.05) is 22.7 Å². The predicted octanol–water partition coefficient (Wildman–Crippen LogP) is 2.92. The van der Waals surface area contributed by atoms with Gasteiger partial charge in [-0.25, -0.2) is 9.50 Å². The first-order valence-electron chi connectivity index (χ1n) is 7.98. The van der Waals surface area contributed by atoms with E-state index in [1.807, 2.05) is 45.2 Å². The standard InChI is InChI=1S/C17H21N5OS/c1-10-14(12(3)22-17(19-10)20-13(4)21-22)7-8-16(23)18-11(2)15-6-5-9-24-15/h5-6,9,11H,7-8H2,1-4H3,(H,18,23). The molecule has 24 heavy (non-hydrogen) atoms. The van der Waals surface area contributed by atoms with Crippen molar-refractivity contribution in [2.24, 2.45) is 0 Å². The largest absolute Gasteiger partial charge is 0.349 e. The molecule has 3 rings (SSSR count). The van der Waals surface area contributed by atoms with E-state index in [1.54, 1.807) is 15.9 Å². The maximum absolute atomic E-state index is 12.3. The fourth-order valence-corrected chi connectivity index (χ4v) is 3.57. The number of nitrogens with one attached hydrogen (secondary N) is 1. The van der Waals surface area contributed by atoms with Crippen LogP contribution >= 0.6 is 11.3 Å². The summed E-state index contributed by atoms with van der Waals surface area (Å²) in [6.07, 6.45) is 1.07. The molecule has 0 radical (unpaired) electrons. The van der Waals surface area contributed by atoms with E-state index < -0.39 is 0 Å². The fraction of sp³-hybridized carbons (Fsp3) is 0.412. The molecule has 0 saturated heterocycles. The second-order valence-electron chi connectivity index (χ2n) is 5.94. The van der Waals surface area contributed by atoms with Crippen molar-refractivity contribution in [3.8, 4) is 0 Å². The van der Waals surface area contributed by atoms with Crippen LogP contribution in [0.4, 0.5) is 0 Å². The average Bonchev–Trinajstić information content (AvgIpc) is 3.16. The second-order valence-corrected chi connectivity index (χ2v) is 6.92. The Morgan fingerprint density at radius 3 is 2.83 bits per heavy atom. The summed E-state index contributed by atoms with van der Waals surface area (Å²) in [4.78, 5) is 22.2. The van der Waals surface area contributed by atoms with Gasteiger partial charge in [-0.15, -0.1) is 11.3 Å². The summed E-state index contributed by atoms with van der Waals surface area (Å²) in [5.41, 5.74) is 2.97. The maximum Gasteiger partial charge on any atom is 0.252 e. The van der Waals surface area contributed by atoms with Crippen LogP contribution in [0.3, 0.4) is 0 Å². The molecule has 0 fully saturated rings. The summed E-state index contributed by atoms with van der Waals surface area (Å²) in [5, 5.41) is 9.44. The highest BCUT2D eigenvalue weighted by atomic mass is 32.1. The number of amides is 1. The summed E-state index contributed by atoms with van der Waals surface area (Å²) in [6.45, 7) is 7.81. The van der Waals surface area contributed by atoms with Crippen molar-refractivity contribution >= 4 is 23.0 Å². The van der Waals surface area contributed by atoms with E-state index in [9.17, 15) is 4.79 Å². The second kappa shape index (κ2) is 6.68. The number of thiophene rings is 1. The van der Waals surface area contributed by atoms with Crippen LogP contribution in [0.5, 0.6) is 0 Å². The lowest BCUT2D eigenvalue weighted by Crippen LogP contribution is -2.26. The first kappa shape index (κ1) is 16.6. The number of hydrogen-bond donors (Lipinski definition) is 1. The molecule has 0 bridgehead atoms. The number of fused-ring (bicyclic) bond motifs is 1. The summed E-state index contributed by atoms with van der Waals surface area (Å²) >= 11 is 1.65. The average molecular weight is 343 g/mol.